The summed E-state index contributed by atoms with van der Waals surface area (Å²) in [6.07, 6.45) is 2.32. The zero-order chi connectivity index (χ0) is 20.2. The van der Waals surface area contributed by atoms with Gasteiger partial charge in [-0.25, -0.2) is 4.99 Å². The number of rotatable bonds is 10. The molecule has 6 nitrogen and oxygen atoms in total. The predicted molar refractivity (Wildman–Crippen MR) is 115 cm³/mol. The quantitative estimate of drug-likeness (QED) is 0.434. The van der Waals surface area contributed by atoms with Crippen LogP contribution in [-0.2, 0) is 11.3 Å². The smallest absolute Gasteiger partial charge is 0.238 e. The molecule has 0 saturated carbocycles. The van der Waals surface area contributed by atoms with Gasteiger partial charge < -0.3 is 20.9 Å². The topological polar surface area (TPSA) is 68.8 Å². The SMILES string of the molecule is CCNC(=NCc1cccc(NC(=O)CN(C)C)c1)NC(C)CCC(C)C. The maximum Gasteiger partial charge on any atom is 0.238 e. The van der Waals surface area contributed by atoms with E-state index in [2.05, 4.69) is 43.6 Å². The molecule has 1 aromatic rings. The highest BCUT2D eigenvalue weighted by Gasteiger charge is 2.07. The van der Waals surface area contributed by atoms with Crippen molar-refractivity contribution in [3.63, 3.8) is 0 Å². The molecule has 0 heterocycles. The summed E-state index contributed by atoms with van der Waals surface area (Å²) in [5.41, 5.74) is 1.86. The van der Waals surface area contributed by atoms with E-state index in [-0.39, 0.29) is 5.91 Å². The van der Waals surface area contributed by atoms with Crippen LogP contribution in [-0.4, -0.2) is 50.0 Å². The number of amides is 1. The Morgan fingerprint density at radius 1 is 1.19 bits per heavy atom. The molecule has 1 aromatic carbocycles. The summed E-state index contributed by atoms with van der Waals surface area (Å²) in [6, 6.07) is 8.22. The van der Waals surface area contributed by atoms with Gasteiger partial charge in [0.05, 0.1) is 13.1 Å². The molecule has 152 valence electrons. The first kappa shape index (κ1) is 23.0. The highest BCUT2D eigenvalue weighted by Crippen LogP contribution is 2.12. The average Bonchev–Trinajstić information content (AvgIpc) is 2.57. The molecule has 3 N–H and O–H groups in total. The molecule has 1 unspecified atom stereocenters. The van der Waals surface area contributed by atoms with E-state index in [0.717, 1.165) is 30.2 Å². The molecule has 0 bridgehead atoms. The van der Waals surface area contributed by atoms with Gasteiger partial charge in [-0.1, -0.05) is 26.0 Å². The molecule has 0 aliphatic carbocycles. The summed E-state index contributed by atoms with van der Waals surface area (Å²) in [5.74, 6) is 1.52. The molecule has 0 radical (unpaired) electrons. The minimum Gasteiger partial charge on any atom is -0.357 e. The molecular formula is C21H37N5O. The molecule has 1 amide bonds. The largest absolute Gasteiger partial charge is 0.357 e. The van der Waals surface area contributed by atoms with Crippen LogP contribution >= 0.6 is 0 Å². The Morgan fingerprint density at radius 3 is 2.56 bits per heavy atom. The number of benzene rings is 1. The van der Waals surface area contributed by atoms with Crippen molar-refractivity contribution in [3.8, 4) is 0 Å². The first-order chi connectivity index (χ1) is 12.8. The first-order valence-electron chi connectivity index (χ1n) is 9.88. The lowest BCUT2D eigenvalue weighted by molar-refractivity contribution is -0.116. The van der Waals surface area contributed by atoms with Gasteiger partial charge in [-0.2, -0.15) is 0 Å². The number of hydrogen-bond donors (Lipinski definition) is 3. The molecule has 0 aromatic heterocycles. The Kier molecular flexibility index (Phi) is 10.5. The normalized spacial score (nSPS) is 13.0. The molecule has 27 heavy (non-hydrogen) atoms. The van der Waals surface area contributed by atoms with Crippen molar-refractivity contribution in [2.24, 2.45) is 10.9 Å². The fraction of sp³-hybridized carbons (Fsp3) is 0.619. The lowest BCUT2D eigenvalue weighted by atomic mass is 10.0. The summed E-state index contributed by atoms with van der Waals surface area (Å²) in [5, 5.41) is 9.70. The van der Waals surface area contributed by atoms with Crippen LogP contribution in [0.25, 0.3) is 0 Å². The molecule has 0 saturated heterocycles. The number of aliphatic imine (C=N–C) groups is 1. The summed E-state index contributed by atoms with van der Waals surface area (Å²) in [7, 11) is 3.75. The van der Waals surface area contributed by atoms with Crippen molar-refractivity contribution in [2.45, 2.75) is 53.1 Å². The van der Waals surface area contributed by atoms with Crippen molar-refractivity contribution in [1.29, 1.82) is 0 Å². The van der Waals surface area contributed by atoms with Crippen LogP contribution in [0.15, 0.2) is 29.3 Å². The van der Waals surface area contributed by atoms with E-state index >= 15 is 0 Å². The number of carbonyl (C=O) groups is 1. The third kappa shape index (κ3) is 10.6. The van der Waals surface area contributed by atoms with Gasteiger partial charge in [0.25, 0.3) is 0 Å². The maximum absolute atomic E-state index is 11.9. The van der Waals surface area contributed by atoms with E-state index in [1.165, 1.54) is 6.42 Å². The van der Waals surface area contributed by atoms with Crippen molar-refractivity contribution < 1.29 is 4.79 Å². The van der Waals surface area contributed by atoms with Crippen LogP contribution in [0, 0.1) is 5.92 Å². The molecule has 1 atom stereocenters. The summed E-state index contributed by atoms with van der Waals surface area (Å²) in [4.78, 5) is 18.5. The van der Waals surface area contributed by atoms with Gasteiger partial charge >= 0.3 is 0 Å². The van der Waals surface area contributed by atoms with E-state index in [1.54, 1.807) is 0 Å². The number of carbonyl (C=O) groups excluding carboxylic acids is 1. The van der Waals surface area contributed by atoms with E-state index in [9.17, 15) is 4.79 Å². The van der Waals surface area contributed by atoms with Crippen molar-refractivity contribution in [3.05, 3.63) is 29.8 Å². The first-order valence-corrected chi connectivity index (χ1v) is 9.88. The lowest BCUT2D eigenvalue weighted by Crippen LogP contribution is -2.42. The molecule has 1 rings (SSSR count). The minimum absolute atomic E-state index is 0.0189. The second-order valence-electron chi connectivity index (χ2n) is 7.70. The Labute approximate surface area is 164 Å². The maximum atomic E-state index is 11.9. The fourth-order valence-corrected chi connectivity index (χ4v) is 2.61. The van der Waals surface area contributed by atoms with E-state index in [1.807, 2.05) is 43.3 Å². The number of nitrogens with one attached hydrogen (secondary N) is 3. The summed E-state index contributed by atoms with van der Waals surface area (Å²) < 4.78 is 0. The Hall–Kier alpha value is -2.08. The monoisotopic (exact) mass is 375 g/mol. The third-order valence-electron chi connectivity index (χ3n) is 3.99. The van der Waals surface area contributed by atoms with Crippen LogP contribution in [0.3, 0.4) is 0 Å². The second-order valence-corrected chi connectivity index (χ2v) is 7.70. The van der Waals surface area contributed by atoms with Crippen molar-refractivity contribution >= 4 is 17.6 Å². The number of guanidine groups is 1. The van der Waals surface area contributed by atoms with Gasteiger partial charge in [0.15, 0.2) is 5.96 Å². The predicted octanol–water partition coefficient (Wildman–Crippen LogP) is 3.07. The summed E-state index contributed by atoms with van der Waals surface area (Å²) >= 11 is 0. The highest BCUT2D eigenvalue weighted by atomic mass is 16.2. The zero-order valence-electron chi connectivity index (χ0n) is 17.8. The highest BCUT2D eigenvalue weighted by molar-refractivity contribution is 5.92. The summed E-state index contributed by atoms with van der Waals surface area (Å²) in [6.45, 7) is 10.5. The Bertz CT molecular complexity index is 598. The van der Waals surface area contributed by atoms with Crippen molar-refractivity contribution in [1.82, 2.24) is 15.5 Å². The van der Waals surface area contributed by atoms with Gasteiger partial charge in [-0.05, 0) is 64.4 Å². The number of hydrogen-bond acceptors (Lipinski definition) is 3. The molecule has 0 aliphatic heterocycles. The van der Waals surface area contributed by atoms with Gasteiger partial charge in [0, 0.05) is 18.3 Å². The number of likely N-dealkylation sites (N-methyl/N-ethyl adjacent to an activating group) is 1. The minimum atomic E-state index is -0.0189. The van der Waals surface area contributed by atoms with Gasteiger partial charge in [0.1, 0.15) is 0 Å². The van der Waals surface area contributed by atoms with Crippen LogP contribution in [0.2, 0.25) is 0 Å². The molecule has 6 heteroatoms. The average molecular weight is 376 g/mol. The lowest BCUT2D eigenvalue weighted by Gasteiger charge is -2.18. The standard InChI is InChI=1S/C21H37N5O/c1-7-22-21(24-17(4)12-11-16(2)3)23-14-18-9-8-10-19(13-18)25-20(27)15-26(5)6/h8-10,13,16-17H,7,11-12,14-15H2,1-6H3,(H,25,27)(H2,22,23,24). The van der Waals surface area contributed by atoms with Crippen LogP contribution < -0.4 is 16.0 Å². The third-order valence-corrected chi connectivity index (χ3v) is 3.99. The Morgan fingerprint density at radius 2 is 1.93 bits per heavy atom. The number of nitrogens with zero attached hydrogens (tertiary/aromatic N) is 2. The Balaban J connectivity index is 2.67. The van der Waals surface area contributed by atoms with Gasteiger partial charge in [-0.15, -0.1) is 0 Å². The molecular weight excluding hydrogens is 338 g/mol. The van der Waals surface area contributed by atoms with Gasteiger partial charge in [0.2, 0.25) is 5.91 Å². The van der Waals surface area contributed by atoms with Crippen LogP contribution in [0.4, 0.5) is 5.69 Å². The van der Waals surface area contributed by atoms with E-state index in [4.69, 9.17) is 4.99 Å². The van der Waals surface area contributed by atoms with E-state index in [0.29, 0.717) is 25.0 Å². The molecule has 0 spiro atoms. The fourth-order valence-electron chi connectivity index (χ4n) is 2.61. The number of anilines is 1. The van der Waals surface area contributed by atoms with Gasteiger partial charge in [-0.3, -0.25) is 4.79 Å². The van der Waals surface area contributed by atoms with Crippen LogP contribution in [0.1, 0.15) is 46.1 Å². The zero-order valence-corrected chi connectivity index (χ0v) is 17.8. The molecule has 0 fully saturated rings. The van der Waals surface area contributed by atoms with Crippen LogP contribution in [0.5, 0.6) is 0 Å². The molecule has 0 aliphatic rings. The van der Waals surface area contributed by atoms with E-state index < -0.39 is 0 Å². The second kappa shape index (κ2) is 12.3. The van der Waals surface area contributed by atoms with Crippen molar-refractivity contribution in [2.75, 3.05) is 32.5 Å².